The molecule has 1 saturated heterocycles. The van der Waals surface area contributed by atoms with Crippen LogP contribution in [0.1, 0.15) is 39.0 Å². The maximum Gasteiger partial charge on any atom is 0.0789 e. The molecule has 0 spiro atoms. The van der Waals surface area contributed by atoms with E-state index in [1.54, 1.807) is 0 Å². The van der Waals surface area contributed by atoms with Crippen LogP contribution in [0.3, 0.4) is 0 Å². The van der Waals surface area contributed by atoms with Crippen molar-refractivity contribution in [2.75, 3.05) is 26.2 Å². The van der Waals surface area contributed by atoms with Gasteiger partial charge in [-0.1, -0.05) is 19.8 Å². The zero-order valence-electron chi connectivity index (χ0n) is 9.99. The quantitative estimate of drug-likeness (QED) is 0.723. The smallest absolute Gasteiger partial charge is 0.0789 e. The van der Waals surface area contributed by atoms with E-state index < -0.39 is 0 Å². The van der Waals surface area contributed by atoms with Crippen molar-refractivity contribution < 1.29 is 5.11 Å². The molecule has 0 bridgehead atoms. The summed E-state index contributed by atoms with van der Waals surface area (Å²) in [4.78, 5) is 2.37. The molecule has 0 saturated carbocycles. The van der Waals surface area contributed by atoms with Crippen molar-refractivity contribution in [1.29, 1.82) is 0 Å². The molecular weight excluding hydrogens is 188 g/mol. The molecule has 0 aliphatic carbocycles. The van der Waals surface area contributed by atoms with E-state index in [0.717, 1.165) is 25.6 Å². The first-order valence-electron chi connectivity index (χ1n) is 6.36. The lowest BCUT2D eigenvalue weighted by Crippen LogP contribution is -2.37. The second kappa shape index (κ2) is 7.20. The summed E-state index contributed by atoms with van der Waals surface area (Å²) in [6, 6.07) is 0. The Morgan fingerprint density at radius 1 is 1.40 bits per heavy atom. The van der Waals surface area contributed by atoms with E-state index in [1.165, 1.54) is 32.1 Å². The van der Waals surface area contributed by atoms with Gasteiger partial charge >= 0.3 is 0 Å². The highest BCUT2D eigenvalue weighted by Gasteiger charge is 2.17. The van der Waals surface area contributed by atoms with Crippen LogP contribution in [0, 0.1) is 5.92 Å². The molecular formula is C12H26N2O. The molecule has 0 aromatic carbocycles. The van der Waals surface area contributed by atoms with Gasteiger partial charge in [0.05, 0.1) is 6.10 Å². The van der Waals surface area contributed by atoms with E-state index in [9.17, 15) is 5.11 Å². The minimum absolute atomic E-state index is 0.340. The fourth-order valence-electron chi connectivity index (χ4n) is 2.48. The van der Waals surface area contributed by atoms with Crippen LogP contribution in [-0.2, 0) is 0 Å². The summed E-state index contributed by atoms with van der Waals surface area (Å²) >= 11 is 0. The molecule has 0 aromatic heterocycles. The van der Waals surface area contributed by atoms with Gasteiger partial charge in [-0.2, -0.15) is 0 Å². The Morgan fingerprint density at radius 2 is 2.20 bits per heavy atom. The molecule has 1 aliphatic heterocycles. The topological polar surface area (TPSA) is 49.5 Å². The maximum absolute atomic E-state index is 9.50. The van der Waals surface area contributed by atoms with Gasteiger partial charge in [0, 0.05) is 13.1 Å². The summed E-state index contributed by atoms with van der Waals surface area (Å²) in [6.45, 7) is 5.68. The first-order valence-corrected chi connectivity index (χ1v) is 6.36. The van der Waals surface area contributed by atoms with Crippen LogP contribution in [0.5, 0.6) is 0 Å². The molecule has 3 heteroatoms. The molecule has 3 nitrogen and oxygen atoms in total. The molecule has 2 unspecified atom stereocenters. The van der Waals surface area contributed by atoms with E-state index in [-0.39, 0.29) is 6.10 Å². The molecule has 3 N–H and O–H groups in total. The van der Waals surface area contributed by atoms with Crippen LogP contribution in [0.25, 0.3) is 0 Å². The van der Waals surface area contributed by atoms with E-state index in [4.69, 9.17) is 5.73 Å². The molecule has 0 aromatic rings. The Hall–Kier alpha value is -0.120. The normalized spacial score (nSPS) is 26.2. The van der Waals surface area contributed by atoms with Gasteiger partial charge in [0.15, 0.2) is 0 Å². The van der Waals surface area contributed by atoms with Crippen molar-refractivity contribution in [2.24, 2.45) is 11.7 Å². The molecule has 0 radical (unpaired) electrons. The van der Waals surface area contributed by atoms with Gasteiger partial charge in [0.1, 0.15) is 0 Å². The van der Waals surface area contributed by atoms with Gasteiger partial charge in [-0.25, -0.2) is 0 Å². The van der Waals surface area contributed by atoms with E-state index in [1.807, 2.05) is 0 Å². The molecule has 2 atom stereocenters. The Balaban J connectivity index is 2.26. The van der Waals surface area contributed by atoms with Gasteiger partial charge in [0.25, 0.3) is 0 Å². The Kier molecular flexibility index (Phi) is 6.22. The number of nitrogens with zero attached hydrogens (tertiary/aromatic N) is 1. The number of aliphatic hydroxyl groups is 1. The summed E-state index contributed by atoms with van der Waals surface area (Å²) < 4.78 is 0. The highest BCUT2D eigenvalue weighted by atomic mass is 16.3. The van der Waals surface area contributed by atoms with Crippen LogP contribution in [-0.4, -0.2) is 42.3 Å². The van der Waals surface area contributed by atoms with E-state index in [2.05, 4.69) is 11.8 Å². The Morgan fingerprint density at radius 3 is 2.87 bits per heavy atom. The van der Waals surface area contributed by atoms with Crippen LogP contribution >= 0.6 is 0 Å². The molecule has 1 aliphatic rings. The summed E-state index contributed by atoms with van der Waals surface area (Å²) in [5.41, 5.74) is 5.43. The van der Waals surface area contributed by atoms with E-state index in [0.29, 0.717) is 6.54 Å². The molecule has 15 heavy (non-hydrogen) atoms. The van der Waals surface area contributed by atoms with Crippen LogP contribution in [0.2, 0.25) is 0 Å². The zero-order valence-corrected chi connectivity index (χ0v) is 9.99. The second-order valence-corrected chi connectivity index (χ2v) is 4.78. The monoisotopic (exact) mass is 214 g/mol. The van der Waals surface area contributed by atoms with Gasteiger partial charge < -0.3 is 15.7 Å². The van der Waals surface area contributed by atoms with Crippen molar-refractivity contribution in [2.45, 2.75) is 45.1 Å². The molecule has 1 rings (SSSR count). The van der Waals surface area contributed by atoms with Crippen molar-refractivity contribution in [1.82, 2.24) is 4.90 Å². The van der Waals surface area contributed by atoms with Gasteiger partial charge in [-0.3, -0.25) is 0 Å². The summed E-state index contributed by atoms with van der Waals surface area (Å²) in [6.07, 6.45) is 6.27. The third-order valence-electron chi connectivity index (χ3n) is 3.38. The standard InChI is InChI=1S/C12H26N2O/c1-2-4-11-5-3-7-14(8-6-11)10-12(15)9-13/h11-12,15H,2-10,13H2,1H3. The summed E-state index contributed by atoms with van der Waals surface area (Å²) in [5, 5.41) is 9.50. The Labute approximate surface area is 93.6 Å². The minimum Gasteiger partial charge on any atom is -0.390 e. The fraction of sp³-hybridized carbons (Fsp3) is 1.00. The fourth-order valence-corrected chi connectivity index (χ4v) is 2.48. The number of likely N-dealkylation sites (tertiary alicyclic amines) is 1. The van der Waals surface area contributed by atoms with Crippen molar-refractivity contribution in [3.63, 3.8) is 0 Å². The van der Waals surface area contributed by atoms with Crippen molar-refractivity contribution >= 4 is 0 Å². The van der Waals surface area contributed by atoms with Crippen LogP contribution < -0.4 is 5.73 Å². The highest BCUT2D eigenvalue weighted by Crippen LogP contribution is 2.21. The van der Waals surface area contributed by atoms with Crippen molar-refractivity contribution in [3.8, 4) is 0 Å². The Bertz CT molecular complexity index is 164. The predicted octanol–water partition coefficient (Wildman–Crippen LogP) is 1.21. The maximum atomic E-state index is 9.50. The lowest BCUT2D eigenvalue weighted by atomic mass is 9.96. The van der Waals surface area contributed by atoms with Crippen LogP contribution in [0.4, 0.5) is 0 Å². The molecule has 90 valence electrons. The summed E-state index contributed by atoms with van der Waals surface area (Å²) in [5.74, 6) is 0.912. The first-order chi connectivity index (χ1) is 7.26. The van der Waals surface area contributed by atoms with E-state index >= 15 is 0 Å². The van der Waals surface area contributed by atoms with Gasteiger partial charge in [-0.05, 0) is 38.3 Å². The van der Waals surface area contributed by atoms with Gasteiger partial charge in [-0.15, -0.1) is 0 Å². The molecule has 0 amide bonds. The number of aliphatic hydroxyl groups excluding tert-OH is 1. The predicted molar refractivity (Wildman–Crippen MR) is 63.8 cm³/mol. The number of hydrogen-bond donors (Lipinski definition) is 2. The number of hydrogen-bond acceptors (Lipinski definition) is 3. The molecule has 1 heterocycles. The number of nitrogens with two attached hydrogens (primary N) is 1. The third kappa shape index (κ3) is 4.96. The SMILES string of the molecule is CCCC1CCCN(CC(O)CN)CC1. The third-order valence-corrected chi connectivity index (χ3v) is 3.38. The molecule has 1 fully saturated rings. The zero-order chi connectivity index (χ0) is 11.1. The second-order valence-electron chi connectivity index (χ2n) is 4.78. The number of β-amino-alcohol motifs (C(OH)–C–C–N with tert-alkyl or cyclic N) is 1. The number of rotatable bonds is 5. The lowest BCUT2D eigenvalue weighted by molar-refractivity contribution is 0.120. The lowest BCUT2D eigenvalue weighted by Gasteiger charge is -2.22. The van der Waals surface area contributed by atoms with Crippen LogP contribution in [0.15, 0.2) is 0 Å². The minimum atomic E-state index is -0.340. The van der Waals surface area contributed by atoms with Gasteiger partial charge in [0.2, 0.25) is 0 Å². The first kappa shape index (κ1) is 12.9. The average Bonchev–Trinajstić information content (AvgIpc) is 2.45. The average molecular weight is 214 g/mol. The largest absolute Gasteiger partial charge is 0.390 e. The van der Waals surface area contributed by atoms with Crippen molar-refractivity contribution in [3.05, 3.63) is 0 Å². The summed E-state index contributed by atoms with van der Waals surface area (Å²) in [7, 11) is 0. The highest BCUT2D eigenvalue weighted by molar-refractivity contribution is 4.72.